The second-order valence-corrected chi connectivity index (χ2v) is 8.10. The van der Waals surface area contributed by atoms with Crippen LogP contribution in [0.25, 0.3) is 10.9 Å². The Morgan fingerprint density at radius 2 is 1.88 bits per heavy atom. The van der Waals surface area contributed by atoms with E-state index in [9.17, 15) is 9.90 Å². The minimum Gasteiger partial charge on any atom is -0.493 e. The molecule has 0 radical (unpaired) electrons. The third-order valence-electron chi connectivity index (χ3n) is 5.65. The van der Waals surface area contributed by atoms with Crippen molar-refractivity contribution >= 4 is 16.9 Å². The molecule has 3 aromatic carbocycles. The molecule has 0 aliphatic rings. The lowest BCUT2D eigenvalue weighted by Crippen LogP contribution is -2.38. The summed E-state index contributed by atoms with van der Waals surface area (Å²) in [5.41, 5.74) is 5.17. The molecule has 0 aliphatic heterocycles. The lowest BCUT2D eigenvalue weighted by atomic mass is 10.0. The Morgan fingerprint density at radius 1 is 1.03 bits per heavy atom. The van der Waals surface area contributed by atoms with E-state index >= 15 is 0 Å². The summed E-state index contributed by atoms with van der Waals surface area (Å²) >= 11 is 0. The van der Waals surface area contributed by atoms with E-state index in [0.717, 1.165) is 27.6 Å². The highest BCUT2D eigenvalue weighted by molar-refractivity contribution is 5.84. The molecule has 1 heterocycles. The van der Waals surface area contributed by atoms with E-state index in [2.05, 4.69) is 29.4 Å². The number of hydrogen-bond acceptors (Lipinski definition) is 4. The first-order chi connectivity index (χ1) is 16.0. The molecule has 33 heavy (non-hydrogen) atoms. The molecule has 0 amide bonds. The van der Waals surface area contributed by atoms with Crippen LogP contribution >= 0.6 is 0 Å². The Morgan fingerprint density at radius 3 is 2.67 bits per heavy atom. The molecule has 1 atom stereocenters. The number of hydrogen-bond donors (Lipinski definition) is 3. The van der Waals surface area contributed by atoms with Crippen LogP contribution in [0.5, 0.6) is 11.5 Å². The summed E-state index contributed by atoms with van der Waals surface area (Å²) in [6.07, 6.45) is 2.26. The van der Waals surface area contributed by atoms with Crippen LogP contribution in [-0.4, -0.2) is 29.2 Å². The van der Waals surface area contributed by atoms with Crippen LogP contribution in [0.2, 0.25) is 0 Å². The van der Waals surface area contributed by atoms with Gasteiger partial charge in [0.05, 0.1) is 7.11 Å². The number of carbonyl (C=O) groups is 1. The number of carboxylic acid groups (broad SMARTS) is 1. The second-order valence-electron chi connectivity index (χ2n) is 8.10. The van der Waals surface area contributed by atoms with Crippen molar-refractivity contribution in [2.75, 3.05) is 7.11 Å². The maximum Gasteiger partial charge on any atom is 0.321 e. The molecule has 0 aliphatic carbocycles. The normalized spacial score (nSPS) is 11.9. The SMILES string of the molecule is COc1cc(CN[C@@H](Cc2c[nH]c3ccccc23)C(=O)O)ccc1OCc1cccc(C)c1. The number of nitrogens with one attached hydrogen (secondary N) is 2. The third kappa shape index (κ3) is 5.54. The molecule has 0 saturated heterocycles. The molecule has 0 unspecified atom stereocenters. The van der Waals surface area contributed by atoms with Gasteiger partial charge in [-0.3, -0.25) is 4.79 Å². The number of fused-ring (bicyclic) bond motifs is 1. The number of benzene rings is 3. The molecule has 6 heteroatoms. The number of carboxylic acids is 1. The van der Waals surface area contributed by atoms with Gasteiger partial charge in [-0.15, -0.1) is 0 Å². The first kappa shape index (κ1) is 22.4. The van der Waals surface area contributed by atoms with Gasteiger partial charge in [-0.25, -0.2) is 0 Å². The molecule has 0 saturated carbocycles. The van der Waals surface area contributed by atoms with Gasteiger partial charge >= 0.3 is 5.97 Å². The van der Waals surface area contributed by atoms with E-state index in [1.807, 2.05) is 60.8 Å². The number of aryl methyl sites for hydroxylation is 1. The van der Waals surface area contributed by atoms with Crippen molar-refractivity contribution in [3.05, 3.63) is 95.2 Å². The first-order valence-electron chi connectivity index (χ1n) is 10.9. The molecule has 0 spiro atoms. The summed E-state index contributed by atoms with van der Waals surface area (Å²) in [7, 11) is 1.60. The molecule has 4 aromatic rings. The van der Waals surface area contributed by atoms with Gasteiger partial charge < -0.3 is 24.9 Å². The van der Waals surface area contributed by atoms with Gasteiger partial charge in [0, 0.05) is 30.1 Å². The number of para-hydroxylation sites is 1. The van der Waals surface area contributed by atoms with Crippen LogP contribution in [0.1, 0.15) is 22.3 Å². The summed E-state index contributed by atoms with van der Waals surface area (Å²) in [6.45, 7) is 2.89. The smallest absolute Gasteiger partial charge is 0.321 e. The maximum absolute atomic E-state index is 11.9. The van der Waals surface area contributed by atoms with Crippen molar-refractivity contribution in [3.63, 3.8) is 0 Å². The van der Waals surface area contributed by atoms with Crippen LogP contribution in [0.15, 0.2) is 72.9 Å². The Labute approximate surface area is 193 Å². The van der Waals surface area contributed by atoms with Gasteiger partial charge in [0.2, 0.25) is 0 Å². The van der Waals surface area contributed by atoms with E-state index in [4.69, 9.17) is 9.47 Å². The Balaban J connectivity index is 1.41. The first-order valence-corrected chi connectivity index (χ1v) is 10.9. The molecule has 0 fully saturated rings. The predicted octanol–water partition coefficient (Wildman–Crippen LogP) is 4.85. The minimum absolute atomic E-state index is 0.383. The highest BCUT2D eigenvalue weighted by Gasteiger charge is 2.19. The van der Waals surface area contributed by atoms with Crippen molar-refractivity contribution in [2.45, 2.75) is 32.5 Å². The number of aliphatic carboxylic acids is 1. The van der Waals surface area contributed by atoms with Crippen LogP contribution in [0, 0.1) is 6.92 Å². The predicted molar refractivity (Wildman–Crippen MR) is 129 cm³/mol. The van der Waals surface area contributed by atoms with E-state index in [0.29, 0.717) is 31.1 Å². The van der Waals surface area contributed by atoms with Crippen molar-refractivity contribution < 1.29 is 19.4 Å². The fraction of sp³-hybridized carbons (Fsp3) is 0.222. The standard InChI is InChI=1S/C27H28N2O4/c1-18-6-5-7-20(12-18)17-33-25-11-10-19(13-26(25)32-2)15-28-24(27(30)31)14-21-16-29-23-9-4-3-8-22(21)23/h3-13,16,24,28-29H,14-15,17H2,1-2H3,(H,30,31)/t24-/m0/s1. The van der Waals surface area contributed by atoms with E-state index in [-0.39, 0.29) is 0 Å². The fourth-order valence-corrected chi connectivity index (χ4v) is 3.91. The van der Waals surface area contributed by atoms with Crippen molar-refractivity contribution in [2.24, 2.45) is 0 Å². The number of aromatic amines is 1. The minimum atomic E-state index is -0.884. The molecule has 6 nitrogen and oxygen atoms in total. The Kier molecular flexibility index (Phi) is 6.95. The lowest BCUT2D eigenvalue weighted by molar-refractivity contribution is -0.139. The average molecular weight is 445 g/mol. The van der Waals surface area contributed by atoms with Gasteiger partial charge in [0.1, 0.15) is 12.6 Å². The summed E-state index contributed by atoms with van der Waals surface area (Å²) in [5.74, 6) is 0.382. The summed E-state index contributed by atoms with van der Waals surface area (Å²) in [6, 6.07) is 21.0. The molecule has 170 valence electrons. The van der Waals surface area contributed by atoms with E-state index in [1.165, 1.54) is 5.56 Å². The van der Waals surface area contributed by atoms with Crippen molar-refractivity contribution in [1.82, 2.24) is 10.3 Å². The van der Waals surface area contributed by atoms with E-state index in [1.54, 1.807) is 7.11 Å². The third-order valence-corrected chi connectivity index (χ3v) is 5.65. The molecule has 4 rings (SSSR count). The summed E-state index contributed by atoms with van der Waals surface area (Å²) in [4.78, 5) is 15.1. The van der Waals surface area contributed by atoms with Crippen molar-refractivity contribution in [3.8, 4) is 11.5 Å². The quantitative estimate of drug-likeness (QED) is 0.326. The van der Waals surface area contributed by atoms with Crippen LogP contribution < -0.4 is 14.8 Å². The van der Waals surface area contributed by atoms with E-state index < -0.39 is 12.0 Å². The molecule has 0 bridgehead atoms. The van der Waals surface area contributed by atoms with Gasteiger partial charge in [0.25, 0.3) is 0 Å². The fourth-order valence-electron chi connectivity index (χ4n) is 3.91. The Bertz CT molecular complexity index is 1250. The largest absolute Gasteiger partial charge is 0.493 e. The highest BCUT2D eigenvalue weighted by atomic mass is 16.5. The zero-order valence-electron chi connectivity index (χ0n) is 18.8. The number of rotatable bonds is 10. The van der Waals surface area contributed by atoms with Crippen LogP contribution in [-0.2, 0) is 24.4 Å². The molecular weight excluding hydrogens is 416 g/mol. The molecule has 3 N–H and O–H groups in total. The maximum atomic E-state index is 11.9. The highest BCUT2D eigenvalue weighted by Crippen LogP contribution is 2.29. The summed E-state index contributed by atoms with van der Waals surface area (Å²) in [5, 5.41) is 14.0. The molecular formula is C27H28N2O4. The topological polar surface area (TPSA) is 83.6 Å². The number of ether oxygens (including phenoxy) is 2. The second kappa shape index (κ2) is 10.2. The zero-order valence-corrected chi connectivity index (χ0v) is 18.8. The van der Waals surface area contributed by atoms with Crippen molar-refractivity contribution in [1.29, 1.82) is 0 Å². The van der Waals surface area contributed by atoms with Gasteiger partial charge in [-0.1, -0.05) is 54.1 Å². The van der Waals surface area contributed by atoms with Gasteiger partial charge in [0.15, 0.2) is 11.5 Å². The number of aromatic nitrogens is 1. The monoisotopic (exact) mass is 444 g/mol. The van der Waals surface area contributed by atoms with Gasteiger partial charge in [-0.05, 0) is 41.8 Å². The van der Waals surface area contributed by atoms with Crippen LogP contribution in [0.4, 0.5) is 0 Å². The zero-order chi connectivity index (χ0) is 23.2. The van der Waals surface area contributed by atoms with Crippen LogP contribution in [0.3, 0.4) is 0 Å². The van der Waals surface area contributed by atoms with Gasteiger partial charge in [-0.2, -0.15) is 0 Å². The average Bonchev–Trinajstić information content (AvgIpc) is 3.23. The Hall–Kier alpha value is -3.77. The number of methoxy groups -OCH3 is 1. The number of H-pyrrole nitrogens is 1. The lowest BCUT2D eigenvalue weighted by Gasteiger charge is -2.16. The summed E-state index contributed by atoms with van der Waals surface area (Å²) < 4.78 is 11.5. The molecule has 1 aromatic heterocycles.